The van der Waals surface area contributed by atoms with Crippen LogP contribution in [0.15, 0.2) is 44.9 Å². The summed E-state index contributed by atoms with van der Waals surface area (Å²) in [5, 5.41) is 3.26. The molecule has 2 aromatic heterocycles. The van der Waals surface area contributed by atoms with Crippen LogP contribution in [0.25, 0.3) is 0 Å². The van der Waals surface area contributed by atoms with Gasteiger partial charge >= 0.3 is 0 Å². The first-order valence-corrected chi connectivity index (χ1v) is 6.91. The van der Waals surface area contributed by atoms with Crippen molar-refractivity contribution in [2.45, 2.75) is 36.1 Å². The number of nitrogens with zero attached hydrogens (tertiary/aromatic N) is 1. The van der Waals surface area contributed by atoms with Crippen LogP contribution in [-0.4, -0.2) is 12.0 Å². The summed E-state index contributed by atoms with van der Waals surface area (Å²) in [5.74, 6) is 0.950. The number of hydrogen-bond acceptors (Lipinski definition) is 4. The minimum absolute atomic E-state index is 0.333. The fraction of sp³-hybridized carbons (Fsp3) is 0.357. The first-order chi connectivity index (χ1) is 8.74. The average molecular weight is 262 g/mol. The molecule has 0 amide bonds. The van der Waals surface area contributed by atoms with Crippen molar-refractivity contribution in [1.29, 1.82) is 0 Å². The number of nitrogens with one attached hydrogen (secondary N) is 1. The van der Waals surface area contributed by atoms with Crippen LogP contribution in [0.1, 0.15) is 30.8 Å². The van der Waals surface area contributed by atoms with E-state index in [0.29, 0.717) is 6.04 Å². The third kappa shape index (κ3) is 2.94. The van der Waals surface area contributed by atoms with Gasteiger partial charge in [0.2, 0.25) is 0 Å². The maximum absolute atomic E-state index is 5.28. The molecule has 0 aromatic carbocycles. The monoisotopic (exact) mass is 262 g/mol. The Morgan fingerprint density at radius 3 is 2.72 bits per heavy atom. The number of pyridine rings is 1. The van der Waals surface area contributed by atoms with Crippen LogP contribution in [0.2, 0.25) is 0 Å². The molecule has 0 radical (unpaired) electrons. The molecule has 2 aromatic rings. The van der Waals surface area contributed by atoms with Gasteiger partial charge in [-0.15, -0.1) is 0 Å². The molecule has 0 aliphatic heterocycles. The molecule has 3 nitrogen and oxygen atoms in total. The van der Waals surface area contributed by atoms with Crippen molar-refractivity contribution in [3.05, 3.63) is 42.1 Å². The lowest BCUT2D eigenvalue weighted by Gasteiger charge is -2.13. The summed E-state index contributed by atoms with van der Waals surface area (Å²) in [6.45, 7) is 4.12. The Hall–Kier alpha value is -1.26. The molecule has 0 aliphatic carbocycles. The number of hydrogen-bond donors (Lipinski definition) is 1. The summed E-state index contributed by atoms with van der Waals surface area (Å²) < 4.78 is 5.28. The highest BCUT2D eigenvalue weighted by atomic mass is 32.2. The molecule has 0 spiro atoms. The van der Waals surface area contributed by atoms with E-state index in [9.17, 15) is 0 Å². The highest BCUT2D eigenvalue weighted by Crippen LogP contribution is 2.30. The van der Waals surface area contributed by atoms with E-state index in [1.807, 2.05) is 26.2 Å². The summed E-state index contributed by atoms with van der Waals surface area (Å²) in [5.41, 5.74) is 1.09. The van der Waals surface area contributed by atoms with Crippen LogP contribution in [0.4, 0.5) is 0 Å². The van der Waals surface area contributed by atoms with Crippen molar-refractivity contribution < 1.29 is 4.42 Å². The van der Waals surface area contributed by atoms with Gasteiger partial charge < -0.3 is 9.73 Å². The van der Waals surface area contributed by atoms with Gasteiger partial charge in [-0.25, -0.2) is 0 Å². The van der Waals surface area contributed by atoms with Gasteiger partial charge in [-0.2, -0.15) is 0 Å². The highest BCUT2D eigenvalue weighted by molar-refractivity contribution is 7.99. The van der Waals surface area contributed by atoms with Crippen LogP contribution < -0.4 is 5.32 Å². The van der Waals surface area contributed by atoms with Crippen molar-refractivity contribution in [2.24, 2.45) is 0 Å². The zero-order valence-corrected chi connectivity index (χ0v) is 11.8. The maximum atomic E-state index is 5.28. The molecule has 1 N–H and O–H groups in total. The number of furan rings is 1. The predicted molar refractivity (Wildman–Crippen MR) is 73.9 cm³/mol. The summed E-state index contributed by atoms with van der Waals surface area (Å²) in [4.78, 5) is 6.79. The molecular weight excluding hydrogens is 244 g/mol. The van der Waals surface area contributed by atoms with Crippen molar-refractivity contribution in [3.8, 4) is 0 Å². The summed E-state index contributed by atoms with van der Waals surface area (Å²) >= 11 is 1.68. The summed E-state index contributed by atoms with van der Waals surface area (Å²) in [6, 6.07) is 6.51. The molecule has 0 fully saturated rings. The molecule has 4 heteroatoms. The zero-order chi connectivity index (χ0) is 13.0. The van der Waals surface area contributed by atoms with Crippen molar-refractivity contribution >= 4 is 11.8 Å². The van der Waals surface area contributed by atoms with E-state index in [-0.39, 0.29) is 0 Å². The third-order valence-corrected chi connectivity index (χ3v) is 4.03. The Morgan fingerprint density at radius 1 is 1.39 bits per heavy atom. The lowest BCUT2D eigenvalue weighted by molar-refractivity contribution is 0.527. The number of aryl methyl sites for hydroxylation is 1. The Morgan fingerprint density at radius 2 is 2.22 bits per heavy atom. The minimum Gasteiger partial charge on any atom is -0.468 e. The van der Waals surface area contributed by atoms with Crippen LogP contribution in [0.3, 0.4) is 0 Å². The predicted octanol–water partition coefficient (Wildman–Crippen LogP) is 3.80. The van der Waals surface area contributed by atoms with Crippen molar-refractivity contribution in [2.75, 3.05) is 7.05 Å². The van der Waals surface area contributed by atoms with E-state index in [1.54, 1.807) is 18.0 Å². The van der Waals surface area contributed by atoms with Gasteiger partial charge in [-0.1, -0.05) is 18.7 Å². The molecule has 0 aliphatic rings. The van der Waals surface area contributed by atoms with E-state index in [1.165, 1.54) is 0 Å². The molecule has 0 saturated heterocycles. The number of aromatic nitrogens is 1. The standard InChI is InChI=1S/C14H18N2OS/c1-4-12(15-3)13-6-5-11(9-16-13)18-14-7-8-17-10(14)2/h5-9,12,15H,4H2,1-3H3. The fourth-order valence-electron chi connectivity index (χ4n) is 1.83. The molecule has 1 unspecified atom stereocenters. The maximum Gasteiger partial charge on any atom is 0.114 e. The van der Waals surface area contributed by atoms with Gasteiger partial charge in [0.15, 0.2) is 0 Å². The summed E-state index contributed by atoms with van der Waals surface area (Å²) in [7, 11) is 1.97. The van der Waals surface area contributed by atoms with Gasteiger partial charge in [0.25, 0.3) is 0 Å². The van der Waals surface area contributed by atoms with Crippen LogP contribution in [0, 0.1) is 6.92 Å². The molecule has 0 saturated carbocycles. The fourth-order valence-corrected chi connectivity index (χ4v) is 2.64. The molecule has 96 valence electrons. The van der Waals surface area contributed by atoms with Crippen LogP contribution in [0.5, 0.6) is 0 Å². The summed E-state index contributed by atoms with van der Waals surface area (Å²) in [6.07, 6.45) is 4.68. The zero-order valence-electron chi connectivity index (χ0n) is 10.9. The van der Waals surface area contributed by atoms with E-state index in [2.05, 4.69) is 29.4 Å². The van der Waals surface area contributed by atoms with Gasteiger partial charge in [0.1, 0.15) is 5.76 Å². The largest absolute Gasteiger partial charge is 0.468 e. The second kappa shape index (κ2) is 6.07. The molecule has 0 bridgehead atoms. The lowest BCUT2D eigenvalue weighted by Crippen LogP contribution is -2.16. The van der Waals surface area contributed by atoms with Gasteiger partial charge in [0.05, 0.1) is 16.9 Å². The molecule has 18 heavy (non-hydrogen) atoms. The molecule has 2 rings (SSSR count). The Balaban J connectivity index is 2.10. The Labute approximate surface area is 112 Å². The number of rotatable bonds is 5. The second-order valence-corrected chi connectivity index (χ2v) is 5.23. The van der Waals surface area contributed by atoms with Crippen molar-refractivity contribution in [3.63, 3.8) is 0 Å². The molecule has 2 heterocycles. The van der Waals surface area contributed by atoms with E-state index in [0.717, 1.165) is 27.7 Å². The SMILES string of the molecule is CCC(NC)c1ccc(Sc2ccoc2C)cn1. The van der Waals surface area contributed by atoms with Gasteiger partial charge in [0, 0.05) is 17.1 Å². The first-order valence-electron chi connectivity index (χ1n) is 6.09. The average Bonchev–Trinajstić information content (AvgIpc) is 2.79. The topological polar surface area (TPSA) is 38.1 Å². The quantitative estimate of drug-likeness (QED) is 0.889. The third-order valence-electron chi connectivity index (χ3n) is 2.91. The first kappa shape index (κ1) is 13.2. The van der Waals surface area contributed by atoms with Gasteiger partial charge in [-0.3, -0.25) is 4.98 Å². The molecule has 1 atom stereocenters. The highest BCUT2D eigenvalue weighted by Gasteiger charge is 2.09. The van der Waals surface area contributed by atoms with Gasteiger partial charge in [-0.05, 0) is 38.6 Å². The van der Waals surface area contributed by atoms with E-state index >= 15 is 0 Å². The Bertz CT molecular complexity index is 489. The second-order valence-electron chi connectivity index (χ2n) is 4.11. The smallest absolute Gasteiger partial charge is 0.114 e. The van der Waals surface area contributed by atoms with E-state index < -0.39 is 0 Å². The molecular formula is C14H18N2OS. The lowest BCUT2D eigenvalue weighted by atomic mass is 10.1. The normalized spacial score (nSPS) is 12.6. The van der Waals surface area contributed by atoms with Crippen LogP contribution >= 0.6 is 11.8 Å². The van der Waals surface area contributed by atoms with E-state index in [4.69, 9.17) is 4.42 Å². The van der Waals surface area contributed by atoms with Crippen LogP contribution in [-0.2, 0) is 0 Å². The van der Waals surface area contributed by atoms with Crippen molar-refractivity contribution in [1.82, 2.24) is 10.3 Å². The Kier molecular flexibility index (Phi) is 4.44. The minimum atomic E-state index is 0.333.